The fraction of sp³-hybridized carbons (Fsp3) is 0.286. The highest BCUT2D eigenvalue weighted by Crippen LogP contribution is 2.25. The topological polar surface area (TPSA) is 49.4 Å². The van der Waals surface area contributed by atoms with Gasteiger partial charge in [-0.15, -0.1) is 0 Å². The average molecular weight is 497 g/mol. The van der Waals surface area contributed by atoms with Gasteiger partial charge in [-0.25, -0.2) is 0 Å². The number of hydrogen-bond acceptors (Lipinski definition) is 2. The lowest BCUT2D eigenvalue weighted by Gasteiger charge is -2.32. The number of amides is 2. The van der Waals surface area contributed by atoms with Crippen LogP contribution in [0.3, 0.4) is 0 Å². The molecular weight excluding hydrogens is 467 g/mol. The van der Waals surface area contributed by atoms with E-state index in [1.54, 1.807) is 23.1 Å². The van der Waals surface area contributed by atoms with Crippen LogP contribution in [-0.2, 0) is 29.0 Å². The summed E-state index contributed by atoms with van der Waals surface area (Å²) in [6, 6.07) is 22.0. The predicted molar refractivity (Wildman–Crippen MR) is 139 cm³/mol. The normalized spacial score (nSPS) is 11.8. The first kappa shape index (κ1) is 25.8. The highest BCUT2D eigenvalue weighted by atomic mass is 35.5. The number of nitrogens with zero attached hydrogens (tertiary/aromatic N) is 1. The van der Waals surface area contributed by atoms with Crippen molar-refractivity contribution in [3.05, 3.63) is 105 Å². The molecular formula is C28H30Cl2N2O2. The lowest BCUT2D eigenvalue weighted by molar-refractivity contribution is -0.141. The van der Waals surface area contributed by atoms with Crippen molar-refractivity contribution >= 4 is 35.0 Å². The molecule has 4 nitrogen and oxygen atoms in total. The van der Waals surface area contributed by atoms with Crippen molar-refractivity contribution in [1.82, 2.24) is 10.2 Å². The van der Waals surface area contributed by atoms with E-state index in [1.165, 1.54) is 0 Å². The number of carbonyl (C=O) groups is 2. The first-order valence-corrected chi connectivity index (χ1v) is 12.1. The minimum atomic E-state index is -0.701. The number of halogens is 2. The summed E-state index contributed by atoms with van der Waals surface area (Å²) in [5.41, 5.74) is 3.68. The zero-order valence-electron chi connectivity index (χ0n) is 19.7. The van der Waals surface area contributed by atoms with E-state index in [9.17, 15) is 9.59 Å². The molecule has 0 bridgehead atoms. The maximum Gasteiger partial charge on any atom is 0.243 e. The zero-order valence-corrected chi connectivity index (χ0v) is 21.2. The van der Waals surface area contributed by atoms with Crippen LogP contribution in [0.25, 0.3) is 0 Å². The van der Waals surface area contributed by atoms with Crippen molar-refractivity contribution in [2.75, 3.05) is 0 Å². The van der Waals surface area contributed by atoms with Crippen LogP contribution in [0.5, 0.6) is 0 Å². The molecule has 0 heterocycles. The second-order valence-electron chi connectivity index (χ2n) is 8.73. The van der Waals surface area contributed by atoms with Crippen molar-refractivity contribution in [3.63, 3.8) is 0 Å². The monoisotopic (exact) mass is 496 g/mol. The maximum absolute atomic E-state index is 13.7. The number of benzene rings is 3. The lowest BCUT2D eigenvalue weighted by atomic mass is 10.00. The molecule has 3 rings (SSSR count). The molecule has 0 saturated heterocycles. The molecule has 0 radical (unpaired) electrons. The summed E-state index contributed by atoms with van der Waals surface area (Å²) in [7, 11) is 0. The molecule has 0 aliphatic heterocycles. The van der Waals surface area contributed by atoms with Gasteiger partial charge in [-0.05, 0) is 55.2 Å². The summed E-state index contributed by atoms with van der Waals surface area (Å²) in [5, 5.41) is 3.98. The van der Waals surface area contributed by atoms with Gasteiger partial charge in [0.05, 0.1) is 6.42 Å². The number of hydrogen-bond donors (Lipinski definition) is 1. The van der Waals surface area contributed by atoms with E-state index >= 15 is 0 Å². The van der Waals surface area contributed by atoms with E-state index in [1.807, 2.05) is 75.4 Å². The molecule has 2 amide bonds. The molecule has 0 spiro atoms. The average Bonchev–Trinajstić information content (AvgIpc) is 2.79. The lowest BCUT2D eigenvalue weighted by Crippen LogP contribution is -2.52. The van der Waals surface area contributed by atoms with Crippen LogP contribution in [0, 0.1) is 6.92 Å². The van der Waals surface area contributed by atoms with Gasteiger partial charge >= 0.3 is 0 Å². The van der Waals surface area contributed by atoms with Crippen molar-refractivity contribution in [2.24, 2.45) is 0 Å². The fourth-order valence-corrected chi connectivity index (χ4v) is 4.31. The molecule has 0 aliphatic carbocycles. The molecule has 3 aromatic rings. The Morgan fingerprint density at radius 1 is 0.912 bits per heavy atom. The van der Waals surface area contributed by atoms with E-state index in [0.717, 1.165) is 22.3 Å². The van der Waals surface area contributed by atoms with Crippen LogP contribution in [0.4, 0.5) is 0 Å². The first-order valence-electron chi connectivity index (χ1n) is 11.4. The van der Waals surface area contributed by atoms with Gasteiger partial charge in [0.2, 0.25) is 11.8 Å². The minimum absolute atomic E-state index is 0.0572. The number of aryl methyl sites for hydroxylation is 1. The van der Waals surface area contributed by atoms with Crippen LogP contribution in [0.2, 0.25) is 10.0 Å². The smallest absolute Gasteiger partial charge is 0.243 e. The Kier molecular flexibility index (Phi) is 9.14. The van der Waals surface area contributed by atoms with Gasteiger partial charge in [0.1, 0.15) is 6.04 Å². The summed E-state index contributed by atoms with van der Waals surface area (Å²) in [4.78, 5) is 28.8. The second-order valence-corrected chi connectivity index (χ2v) is 9.57. The van der Waals surface area contributed by atoms with Crippen molar-refractivity contribution in [2.45, 2.75) is 52.2 Å². The summed E-state index contributed by atoms with van der Waals surface area (Å²) >= 11 is 12.6. The van der Waals surface area contributed by atoms with Gasteiger partial charge in [-0.3, -0.25) is 9.59 Å². The van der Waals surface area contributed by atoms with Crippen molar-refractivity contribution < 1.29 is 9.59 Å². The minimum Gasteiger partial charge on any atom is -0.352 e. The molecule has 0 aromatic heterocycles. The van der Waals surface area contributed by atoms with Gasteiger partial charge in [-0.2, -0.15) is 0 Å². The SMILES string of the molecule is Cc1ccccc1CC(=O)N(Cc1ccc(Cl)cc1Cl)C(Cc1ccccc1)C(=O)NC(C)C. The third-order valence-electron chi connectivity index (χ3n) is 5.66. The Morgan fingerprint density at radius 2 is 1.59 bits per heavy atom. The molecule has 34 heavy (non-hydrogen) atoms. The summed E-state index contributed by atoms with van der Waals surface area (Å²) in [5.74, 6) is -0.331. The number of rotatable bonds is 9. The molecule has 0 fully saturated rings. The largest absolute Gasteiger partial charge is 0.352 e. The van der Waals surface area contributed by atoms with Crippen molar-refractivity contribution in [3.8, 4) is 0 Å². The first-order chi connectivity index (χ1) is 16.2. The molecule has 178 valence electrons. The standard InChI is InChI=1S/C28H30Cl2N2O2/c1-19(2)31-28(34)26(15-21-10-5-4-6-11-21)32(18-23-13-14-24(29)17-25(23)30)27(33)16-22-12-8-7-9-20(22)3/h4-14,17,19,26H,15-16,18H2,1-3H3,(H,31,34). The summed E-state index contributed by atoms with van der Waals surface area (Å²) in [6.45, 7) is 6.00. The van der Waals surface area contributed by atoms with Crippen LogP contribution < -0.4 is 5.32 Å². The molecule has 6 heteroatoms. The molecule has 1 N–H and O–H groups in total. The number of carbonyl (C=O) groups excluding carboxylic acids is 2. The third-order valence-corrected chi connectivity index (χ3v) is 6.25. The van der Waals surface area contributed by atoms with Gasteiger partial charge in [0.25, 0.3) is 0 Å². The highest BCUT2D eigenvalue weighted by molar-refractivity contribution is 6.35. The van der Waals surface area contributed by atoms with Gasteiger partial charge in [0, 0.05) is 29.1 Å². The van der Waals surface area contributed by atoms with Gasteiger partial charge in [-0.1, -0.05) is 83.9 Å². The van der Waals surface area contributed by atoms with E-state index in [0.29, 0.717) is 16.5 Å². The van der Waals surface area contributed by atoms with E-state index < -0.39 is 6.04 Å². The summed E-state index contributed by atoms with van der Waals surface area (Å²) in [6.07, 6.45) is 0.586. The highest BCUT2D eigenvalue weighted by Gasteiger charge is 2.31. The van der Waals surface area contributed by atoms with E-state index in [2.05, 4.69) is 5.32 Å². The second kappa shape index (κ2) is 12.0. The Hall–Kier alpha value is -2.82. The molecule has 1 unspecified atom stereocenters. The van der Waals surface area contributed by atoms with Gasteiger partial charge in [0.15, 0.2) is 0 Å². The Labute approximate surface area is 211 Å². The number of nitrogens with one attached hydrogen (secondary N) is 1. The third kappa shape index (κ3) is 7.09. The molecule has 0 saturated carbocycles. The molecule has 1 atom stereocenters. The fourth-order valence-electron chi connectivity index (χ4n) is 3.84. The van der Waals surface area contributed by atoms with Crippen LogP contribution in [0.15, 0.2) is 72.8 Å². The Balaban J connectivity index is 2.01. The van der Waals surface area contributed by atoms with E-state index in [-0.39, 0.29) is 30.8 Å². The summed E-state index contributed by atoms with van der Waals surface area (Å²) < 4.78 is 0. The van der Waals surface area contributed by atoms with Crippen LogP contribution >= 0.6 is 23.2 Å². The van der Waals surface area contributed by atoms with Gasteiger partial charge < -0.3 is 10.2 Å². The van der Waals surface area contributed by atoms with E-state index in [4.69, 9.17) is 23.2 Å². The zero-order chi connectivity index (χ0) is 24.7. The Morgan fingerprint density at radius 3 is 2.24 bits per heavy atom. The van der Waals surface area contributed by atoms with Crippen LogP contribution in [0.1, 0.15) is 36.1 Å². The Bertz CT molecular complexity index is 1130. The van der Waals surface area contributed by atoms with Crippen molar-refractivity contribution in [1.29, 1.82) is 0 Å². The predicted octanol–water partition coefficient (Wildman–Crippen LogP) is 6.01. The molecule has 0 aliphatic rings. The maximum atomic E-state index is 13.7. The molecule has 3 aromatic carbocycles. The quantitative estimate of drug-likeness (QED) is 0.394. The van der Waals surface area contributed by atoms with Crippen LogP contribution in [-0.4, -0.2) is 28.8 Å².